The smallest absolute Gasteiger partial charge is 0.251 e. The number of hydrogen-bond donors (Lipinski definition) is 2. The zero-order valence-electron chi connectivity index (χ0n) is 11.7. The first-order chi connectivity index (χ1) is 10.2. The molecule has 2 N–H and O–H groups in total. The maximum Gasteiger partial charge on any atom is 0.251 e. The van der Waals surface area contributed by atoms with Crippen LogP contribution in [0.25, 0.3) is 0 Å². The predicted molar refractivity (Wildman–Crippen MR) is 79.6 cm³/mol. The Morgan fingerprint density at radius 2 is 1.86 bits per heavy atom. The lowest BCUT2D eigenvalue weighted by Crippen LogP contribution is -2.42. The highest BCUT2D eigenvalue weighted by atomic mass is 16.3. The number of carbonyl (C=O) groups excluding carboxylic acids is 1. The summed E-state index contributed by atoms with van der Waals surface area (Å²) in [5.74, 6) is 0.0325. The summed E-state index contributed by atoms with van der Waals surface area (Å²) in [5.41, 5.74) is 0.433. The van der Waals surface area contributed by atoms with Crippen LogP contribution in [0.4, 0.5) is 0 Å². The second-order valence-corrected chi connectivity index (χ2v) is 5.48. The fourth-order valence-electron chi connectivity index (χ4n) is 2.59. The molecule has 0 radical (unpaired) electrons. The first kappa shape index (κ1) is 13.8. The fourth-order valence-corrected chi connectivity index (χ4v) is 2.59. The van der Waals surface area contributed by atoms with Crippen LogP contribution in [-0.4, -0.2) is 22.5 Å². The number of benzene rings is 1. The lowest BCUT2D eigenvalue weighted by Gasteiger charge is -2.29. The summed E-state index contributed by atoms with van der Waals surface area (Å²) in [6, 6.07) is 12.9. The normalized spacial score (nSPS) is 17.0. The monoisotopic (exact) mass is 282 g/mol. The minimum absolute atomic E-state index is 0.188. The van der Waals surface area contributed by atoms with Gasteiger partial charge >= 0.3 is 0 Å². The van der Waals surface area contributed by atoms with Gasteiger partial charge in [-0.05, 0) is 36.5 Å². The van der Waals surface area contributed by atoms with Gasteiger partial charge in [-0.15, -0.1) is 0 Å². The van der Waals surface area contributed by atoms with Gasteiger partial charge in [-0.3, -0.25) is 9.78 Å². The Hall–Kier alpha value is -2.20. The molecule has 1 aliphatic carbocycles. The average Bonchev–Trinajstić information content (AvgIpc) is 3.39. The average molecular weight is 282 g/mol. The van der Waals surface area contributed by atoms with Crippen LogP contribution < -0.4 is 5.32 Å². The molecule has 4 nitrogen and oxygen atoms in total. The minimum Gasteiger partial charge on any atom is -0.383 e. The van der Waals surface area contributed by atoms with Gasteiger partial charge in [0.2, 0.25) is 0 Å². The van der Waals surface area contributed by atoms with E-state index in [1.54, 1.807) is 24.5 Å². The van der Waals surface area contributed by atoms with Crippen molar-refractivity contribution in [3.63, 3.8) is 0 Å². The SMILES string of the molecule is O=C(NCC(O)(c1ccccc1)C1CC1)c1ccncc1. The maximum atomic E-state index is 12.1. The van der Waals surface area contributed by atoms with E-state index in [-0.39, 0.29) is 18.4 Å². The summed E-state index contributed by atoms with van der Waals surface area (Å²) in [7, 11) is 0. The van der Waals surface area contributed by atoms with Crippen LogP contribution in [-0.2, 0) is 5.60 Å². The van der Waals surface area contributed by atoms with E-state index in [1.165, 1.54) is 0 Å². The zero-order chi connectivity index (χ0) is 14.7. The van der Waals surface area contributed by atoms with Crippen molar-refractivity contribution >= 4 is 5.91 Å². The second kappa shape index (κ2) is 5.66. The lowest BCUT2D eigenvalue weighted by atomic mass is 9.88. The Balaban J connectivity index is 1.73. The van der Waals surface area contributed by atoms with Crippen molar-refractivity contribution in [2.45, 2.75) is 18.4 Å². The third-order valence-electron chi connectivity index (χ3n) is 3.99. The maximum absolute atomic E-state index is 12.1. The molecule has 1 aromatic heterocycles. The van der Waals surface area contributed by atoms with Crippen molar-refractivity contribution < 1.29 is 9.90 Å². The van der Waals surface area contributed by atoms with E-state index in [0.29, 0.717) is 5.56 Å². The third kappa shape index (κ3) is 2.95. The molecule has 1 unspecified atom stereocenters. The van der Waals surface area contributed by atoms with Crippen molar-refractivity contribution in [1.29, 1.82) is 0 Å². The predicted octanol–water partition coefficient (Wildman–Crippen LogP) is 2.11. The van der Waals surface area contributed by atoms with E-state index >= 15 is 0 Å². The number of pyridine rings is 1. The van der Waals surface area contributed by atoms with Crippen LogP contribution in [0.2, 0.25) is 0 Å². The molecule has 1 aliphatic rings. The molecule has 0 bridgehead atoms. The minimum atomic E-state index is -0.982. The highest BCUT2D eigenvalue weighted by Crippen LogP contribution is 2.45. The highest BCUT2D eigenvalue weighted by molar-refractivity contribution is 5.94. The number of carbonyl (C=O) groups is 1. The molecule has 1 amide bonds. The number of rotatable bonds is 5. The van der Waals surface area contributed by atoms with Crippen LogP contribution in [0, 0.1) is 5.92 Å². The first-order valence-electron chi connectivity index (χ1n) is 7.16. The Bertz CT molecular complexity index is 611. The van der Waals surface area contributed by atoms with Crippen molar-refractivity contribution in [1.82, 2.24) is 10.3 Å². The third-order valence-corrected chi connectivity index (χ3v) is 3.99. The largest absolute Gasteiger partial charge is 0.383 e. The lowest BCUT2D eigenvalue weighted by molar-refractivity contribution is 0.0135. The quantitative estimate of drug-likeness (QED) is 0.883. The highest BCUT2D eigenvalue weighted by Gasteiger charge is 2.45. The van der Waals surface area contributed by atoms with Gasteiger partial charge in [-0.25, -0.2) is 0 Å². The van der Waals surface area contributed by atoms with Gasteiger partial charge in [-0.1, -0.05) is 30.3 Å². The molecule has 1 saturated carbocycles. The van der Waals surface area contributed by atoms with E-state index in [1.807, 2.05) is 30.3 Å². The summed E-state index contributed by atoms with van der Waals surface area (Å²) in [6.07, 6.45) is 5.16. The zero-order valence-corrected chi connectivity index (χ0v) is 11.7. The number of aliphatic hydroxyl groups is 1. The number of hydrogen-bond acceptors (Lipinski definition) is 3. The number of amides is 1. The van der Waals surface area contributed by atoms with Gasteiger partial charge in [0.1, 0.15) is 5.60 Å². The molecular formula is C17H18N2O2. The first-order valence-corrected chi connectivity index (χ1v) is 7.16. The molecule has 1 atom stereocenters. The van der Waals surface area contributed by atoms with Crippen LogP contribution in [0.5, 0.6) is 0 Å². The van der Waals surface area contributed by atoms with E-state index in [0.717, 1.165) is 18.4 Å². The molecule has 0 aliphatic heterocycles. The number of nitrogens with zero attached hydrogens (tertiary/aromatic N) is 1. The van der Waals surface area contributed by atoms with Crippen molar-refractivity contribution in [2.24, 2.45) is 5.92 Å². The van der Waals surface area contributed by atoms with E-state index in [2.05, 4.69) is 10.3 Å². The Morgan fingerprint density at radius 3 is 2.48 bits per heavy atom. The fraction of sp³-hybridized carbons (Fsp3) is 0.294. The van der Waals surface area contributed by atoms with Crippen LogP contribution in [0.15, 0.2) is 54.9 Å². The molecule has 4 heteroatoms. The summed E-state index contributed by atoms with van der Waals surface area (Å²) < 4.78 is 0. The Kier molecular flexibility index (Phi) is 3.71. The molecule has 2 aromatic rings. The summed E-state index contributed by atoms with van der Waals surface area (Å²) in [5, 5.41) is 13.8. The molecule has 0 saturated heterocycles. The van der Waals surface area contributed by atoms with Gasteiger partial charge in [-0.2, -0.15) is 0 Å². The summed E-state index contributed by atoms with van der Waals surface area (Å²) in [4.78, 5) is 16.0. The molecule has 1 aromatic carbocycles. The molecule has 108 valence electrons. The van der Waals surface area contributed by atoms with E-state index < -0.39 is 5.60 Å². The molecular weight excluding hydrogens is 264 g/mol. The van der Waals surface area contributed by atoms with Gasteiger partial charge in [0.05, 0.1) is 6.54 Å². The summed E-state index contributed by atoms with van der Waals surface area (Å²) in [6.45, 7) is 0.225. The van der Waals surface area contributed by atoms with Gasteiger partial charge in [0, 0.05) is 18.0 Å². The topological polar surface area (TPSA) is 62.2 Å². The van der Waals surface area contributed by atoms with Gasteiger partial charge in [0.25, 0.3) is 5.91 Å². The number of aromatic nitrogens is 1. The van der Waals surface area contributed by atoms with Crippen molar-refractivity contribution in [3.8, 4) is 0 Å². The Labute approximate surface area is 123 Å². The second-order valence-electron chi connectivity index (χ2n) is 5.48. The van der Waals surface area contributed by atoms with Gasteiger partial charge < -0.3 is 10.4 Å². The summed E-state index contributed by atoms with van der Waals surface area (Å²) >= 11 is 0. The van der Waals surface area contributed by atoms with Gasteiger partial charge in [0.15, 0.2) is 0 Å². The van der Waals surface area contributed by atoms with Crippen LogP contribution in [0.1, 0.15) is 28.8 Å². The molecule has 3 rings (SSSR count). The van der Waals surface area contributed by atoms with Crippen LogP contribution in [0.3, 0.4) is 0 Å². The molecule has 1 fully saturated rings. The standard InChI is InChI=1S/C17H18N2O2/c20-16(13-8-10-18-11-9-13)19-12-17(21,15-6-7-15)14-4-2-1-3-5-14/h1-5,8-11,15,21H,6-7,12H2,(H,19,20). The van der Waals surface area contributed by atoms with Crippen LogP contribution >= 0.6 is 0 Å². The molecule has 1 heterocycles. The Morgan fingerprint density at radius 1 is 1.19 bits per heavy atom. The molecule has 0 spiro atoms. The van der Waals surface area contributed by atoms with E-state index in [9.17, 15) is 9.90 Å². The van der Waals surface area contributed by atoms with Crippen molar-refractivity contribution in [2.75, 3.05) is 6.54 Å². The van der Waals surface area contributed by atoms with Crippen molar-refractivity contribution in [3.05, 3.63) is 66.0 Å². The number of nitrogens with one attached hydrogen (secondary N) is 1. The molecule has 21 heavy (non-hydrogen) atoms. The van der Waals surface area contributed by atoms with E-state index in [4.69, 9.17) is 0 Å².